The molecule has 0 saturated carbocycles. The molecule has 2 rings (SSSR count). The molecule has 0 atom stereocenters. The van der Waals surface area contributed by atoms with Crippen LogP contribution < -0.4 is 10.5 Å². The molecule has 2 aromatic rings. The Bertz CT molecular complexity index is 580. The Labute approximate surface area is 122 Å². The van der Waals surface area contributed by atoms with Gasteiger partial charge in [0.1, 0.15) is 18.1 Å². The van der Waals surface area contributed by atoms with Crippen LogP contribution in [0.2, 0.25) is 0 Å². The normalized spacial score (nSPS) is 10.3. The molecule has 0 saturated heterocycles. The monoisotopic (exact) mass is 291 g/mol. The van der Waals surface area contributed by atoms with Crippen LogP contribution in [0.4, 0.5) is 5.13 Å². The highest BCUT2D eigenvalue weighted by Gasteiger charge is 2.14. The summed E-state index contributed by atoms with van der Waals surface area (Å²) in [7, 11) is 1.72. The summed E-state index contributed by atoms with van der Waals surface area (Å²) in [5.74, 6) is 0.653. The van der Waals surface area contributed by atoms with Crippen LogP contribution in [0.1, 0.15) is 16.1 Å². The third-order valence-corrected chi connectivity index (χ3v) is 3.48. The summed E-state index contributed by atoms with van der Waals surface area (Å²) in [4.78, 5) is 17.5. The van der Waals surface area contributed by atoms with E-state index in [0.717, 1.165) is 5.75 Å². The Morgan fingerprint density at radius 1 is 1.40 bits per heavy atom. The van der Waals surface area contributed by atoms with Crippen molar-refractivity contribution in [3.05, 3.63) is 40.9 Å². The van der Waals surface area contributed by atoms with Crippen LogP contribution in [0.5, 0.6) is 5.75 Å². The lowest BCUT2D eigenvalue weighted by Gasteiger charge is -2.16. The smallest absolute Gasteiger partial charge is 0.273 e. The van der Waals surface area contributed by atoms with Gasteiger partial charge in [-0.2, -0.15) is 0 Å². The van der Waals surface area contributed by atoms with Gasteiger partial charge in [0.05, 0.1) is 6.54 Å². The number of nitrogens with zero attached hydrogens (tertiary/aromatic N) is 2. The summed E-state index contributed by atoms with van der Waals surface area (Å²) < 4.78 is 5.59. The van der Waals surface area contributed by atoms with Crippen molar-refractivity contribution in [1.82, 2.24) is 9.88 Å². The number of nitrogens with two attached hydrogens (primary N) is 1. The Kier molecular flexibility index (Phi) is 4.57. The standard InChI is InChI=1S/C14H17N3O2S/c1-10-3-5-11(6-4-10)19-8-7-17(2)13(18)12-9-20-14(15)16-12/h3-6,9H,7-8H2,1-2H3,(H2,15,16). The third kappa shape index (κ3) is 3.71. The van der Waals surface area contributed by atoms with Crippen LogP contribution in [0.15, 0.2) is 29.6 Å². The van der Waals surface area contributed by atoms with Crippen molar-refractivity contribution in [1.29, 1.82) is 0 Å². The Balaban J connectivity index is 1.81. The second-order valence-corrected chi connectivity index (χ2v) is 5.35. The van der Waals surface area contributed by atoms with Crippen molar-refractivity contribution in [3.63, 3.8) is 0 Å². The van der Waals surface area contributed by atoms with E-state index in [4.69, 9.17) is 10.5 Å². The highest BCUT2D eigenvalue weighted by atomic mass is 32.1. The van der Waals surface area contributed by atoms with Gasteiger partial charge in [-0.1, -0.05) is 17.7 Å². The molecule has 1 aromatic heterocycles. The number of amides is 1. The second-order valence-electron chi connectivity index (χ2n) is 4.46. The van der Waals surface area contributed by atoms with Crippen molar-refractivity contribution >= 4 is 22.4 Å². The quantitative estimate of drug-likeness (QED) is 0.917. The zero-order valence-electron chi connectivity index (χ0n) is 11.5. The van der Waals surface area contributed by atoms with Crippen LogP contribution in [0.3, 0.4) is 0 Å². The summed E-state index contributed by atoms with van der Waals surface area (Å²) in [6, 6.07) is 7.81. The number of carbonyl (C=O) groups is 1. The number of hydrogen-bond donors (Lipinski definition) is 1. The summed E-state index contributed by atoms with van der Waals surface area (Å²) in [5, 5.41) is 2.06. The number of aryl methyl sites for hydroxylation is 1. The fourth-order valence-electron chi connectivity index (χ4n) is 1.62. The first-order valence-electron chi connectivity index (χ1n) is 6.22. The van der Waals surface area contributed by atoms with E-state index >= 15 is 0 Å². The molecule has 0 aliphatic heterocycles. The maximum atomic E-state index is 12.0. The van der Waals surface area contributed by atoms with Gasteiger partial charge >= 0.3 is 0 Å². The number of hydrogen-bond acceptors (Lipinski definition) is 5. The molecule has 0 aliphatic carbocycles. The summed E-state index contributed by atoms with van der Waals surface area (Å²) in [6.45, 7) is 2.95. The van der Waals surface area contributed by atoms with Crippen LogP contribution in [-0.4, -0.2) is 36.0 Å². The fraction of sp³-hybridized carbons (Fsp3) is 0.286. The Morgan fingerprint density at radius 2 is 2.10 bits per heavy atom. The van der Waals surface area contributed by atoms with Crippen molar-refractivity contribution in [2.45, 2.75) is 6.92 Å². The van der Waals surface area contributed by atoms with Crippen LogP contribution >= 0.6 is 11.3 Å². The number of nitrogen functional groups attached to an aromatic ring is 1. The van der Waals surface area contributed by atoms with E-state index in [0.29, 0.717) is 24.0 Å². The molecule has 1 aromatic carbocycles. The first-order chi connectivity index (χ1) is 9.56. The predicted octanol–water partition coefficient (Wildman–Crippen LogP) is 2.18. The summed E-state index contributed by atoms with van der Waals surface area (Å²) >= 11 is 1.26. The van der Waals surface area contributed by atoms with Crippen molar-refractivity contribution in [2.75, 3.05) is 25.9 Å². The first-order valence-corrected chi connectivity index (χ1v) is 7.10. The van der Waals surface area contributed by atoms with Gasteiger partial charge in [-0.25, -0.2) is 4.98 Å². The molecule has 5 nitrogen and oxygen atoms in total. The van der Waals surface area contributed by atoms with E-state index in [1.54, 1.807) is 17.3 Å². The van der Waals surface area contributed by atoms with Gasteiger partial charge in [0.15, 0.2) is 5.13 Å². The van der Waals surface area contributed by atoms with E-state index in [1.165, 1.54) is 16.9 Å². The molecular formula is C14H17N3O2S. The molecule has 0 aliphatic rings. The number of rotatable bonds is 5. The van der Waals surface area contributed by atoms with Gasteiger partial charge in [0, 0.05) is 12.4 Å². The number of ether oxygens (including phenoxy) is 1. The number of thiazole rings is 1. The minimum Gasteiger partial charge on any atom is -0.492 e. The molecule has 0 unspecified atom stereocenters. The van der Waals surface area contributed by atoms with E-state index < -0.39 is 0 Å². The van der Waals surface area contributed by atoms with Gasteiger partial charge in [-0.3, -0.25) is 4.79 Å². The Hall–Kier alpha value is -2.08. The number of carbonyl (C=O) groups excluding carboxylic acids is 1. The van der Waals surface area contributed by atoms with Crippen molar-refractivity contribution < 1.29 is 9.53 Å². The van der Waals surface area contributed by atoms with Gasteiger partial charge in [-0.05, 0) is 19.1 Å². The lowest BCUT2D eigenvalue weighted by atomic mass is 10.2. The SMILES string of the molecule is Cc1ccc(OCCN(C)C(=O)c2csc(N)n2)cc1. The predicted molar refractivity (Wildman–Crippen MR) is 80.2 cm³/mol. The van der Waals surface area contributed by atoms with Gasteiger partial charge in [0.2, 0.25) is 0 Å². The fourth-order valence-corrected chi connectivity index (χ4v) is 2.15. The van der Waals surface area contributed by atoms with Crippen molar-refractivity contribution in [3.8, 4) is 5.75 Å². The van der Waals surface area contributed by atoms with E-state index in [9.17, 15) is 4.79 Å². The van der Waals surface area contributed by atoms with Gasteiger partial charge in [0.25, 0.3) is 5.91 Å². The largest absolute Gasteiger partial charge is 0.492 e. The average molecular weight is 291 g/mol. The maximum absolute atomic E-state index is 12.0. The second kappa shape index (κ2) is 6.38. The zero-order chi connectivity index (χ0) is 14.5. The molecule has 0 fully saturated rings. The molecular weight excluding hydrogens is 274 g/mol. The van der Waals surface area contributed by atoms with E-state index in [-0.39, 0.29) is 5.91 Å². The van der Waals surface area contributed by atoms with Gasteiger partial charge in [-0.15, -0.1) is 11.3 Å². The van der Waals surface area contributed by atoms with Crippen LogP contribution in [-0.2, 0) is 0 Å². The number of anilines is 1. The van der Waals surface area contributed by atoms with Crippen molar-refractivity contribution in [2.24, 2.45) is 0 Å². The summed E-state index contributed by atoms with van der Waals surface area (Å²) in [5.41, 5.74) is 7.08. The minimum absolute atomic E-state index is 0.148. The first kappa shape index (κ1) is 14.3. The molecule has 2 N–H and O–H groups in total. The molecule has 0 bridgehead atoms. The highest BCUT2D eigenvalue weighted by molar-refractivity contribution is 7.13. The minimum atomic E-state index is -0.148. The molecule has 6 heteroatoms. The molecule has 0 spiro atoms. The molecule has 1 amide bonds. The zero-order valence-corrected chi connectivity index (χ0v) is 12.3. The Morgan fingerprint density at radius 3 is 2.70 bits per heavy atom. The average Bonchev–Trinajstić information content (AvgIpc) is 2.86. The third-order valence-electron chi connectivity index (χ3n) is 2.80. The molecule has 1 heterocycles. The topological polar surface area (TPSA) is 68.5 Å². The molecule has 20 heavy (non-hydrogen) atoms. The number of likely N-dealkylation sites (N-methyl/N-ethyl adjacent to an activating group) is 1. The maximum Gasteiger partial charge on any atom is 0.273 e. The summed E-state index contributed by atoms with van der Waals surface area (Å²) in [6.07, 6.45) is 0. The highest BCUT2D eigenvalue weighted by Crippen LogP contribution is 2.13. The van der Waals surface area contributed by atoms with E-state index in [2.05, 4.69) is 4.98 Å². The lowest BCUT2D eigenvalue weighted by molar-refractivity contribution is 0.0769. The van der Waals surface area contributed by atoms with Crippen LogP contribution in [0.25, 0.3) is 0 Å². The van der Waals surface area contributed by atoms with Crippen LogP contribution in [0, 0.1) is 6.92 Å². The molecule has 106 valence electrons. The lowest BCUT2D eigenvalue weighted by Crippen LogP contribution is -2.31. The number of benzene rings is 1. The number of aromatic nitrogens is 1. The molecule has 0 radical (unpaired) electrons. The van der Waals surface area contributed by atoms with Gasteiger partial charge < -0.3 is 15.4 Å². The van der Waals surface area contributed by atoms with E-state index in [1.807, 2.05) is 31.2 Å².